The highest BCUT2D eigenvalue weighted by Crippen LogP contribution is 2.54. The Kier molecular flexibility index (Phi) is 6.17. The Hall–Kier alpha value is -2.24. The second-order valence-corrected chi connectivity index (χ2v) is 11.8. The molecule has 1 amide bonds. The van der Waals surface area contributed by atoms with Crippen molar-refractivity contribution >= 4 is 16.5 Å². The lowest BCUT2D eigenvalue weighted by molar-refractivity contribution is -0.126. The van der Waals surface area contributed by atoms with Gasteiger partial charge in [0.2, 0.25) is 5.91 Å². The largest absolute Gasteiger partial charge is 0.433 e. The first-order valence-electron chi connectivity index (χ1n) is 11.0. The molecule has 1 aliphatic carbocycles. The number of ether oxygens (including phenoxy) is 1. The summed E-state index contributed by atoms with van der Waals surface area (Å²) in [5, 5.41) is 7.80. The summed E-state index contributed by atoms with van der Waals surface area (Å²) in [4.78, 5) is 17.2. The Morgan fingerprint density at radius 3 is 2.67 bits per heavy atom. The normalized spacial score (nSPS) is 21.9. The van der Waals surface area contributed by atoms with Crippen molar-refractivity contribution in [2.24, 2.45) is 5.92 Å². The van der Waals surface area contributed by atoms with E-state index in [1.54, 1.807) is 6.92 Å². The molecule has 2 aliphatic rings. The maximum atomic E-state index is 13.0. The molecule has 1 fully saturated rings. The van der Waals surface area contributed by atoms with E-state index >= 15 is 0 Å². The number of fused-ring (bicyclic) bond motifs is 1. The van der Waals surface area contributed by atoms with Crippen molar-refractivity contribution in [2.45, 2.75) is 65.1 Å². The number of rotatable bonds is 6. The number of hydrogen-bond acceptors (Lipinski definition) is 6. The summed E-state index contributed by atoms with van der Waals surface area (Å²) in [5.41, 5.74) is 3.34. The Bertz CT molecular complexity index is 1060. The first kappa shape index (κ1) is 23.9. The molecular formula is C22H30F2N4O4S. The van der Waals surface area contributed by atoms with Gasteiger partial charge in [-0.3, -0.25) is 23.6 Å². The topological polar surface area (TPSA) is 110 Å². The second-order valence-electron chi connectivity index (χ2n) is 9.58. The van der Waals surface area contributed by atoms with Gasteiger partial charge in [-0.25, -0.2) is 0 Å². The number of carbonyl (C=O) groups is 1. The lowest BCUT2D eigenvalue weighted by Crippen LogP contribution is -2.62. The third kappa shape index (κ3) is 4.85. The minimum Gasteiger partial charge on any atom is -0.433 e. The van der Waals surface area contributed by atoms with Crippen LogP contribution in [0, 0.1) is 12.8 Å². The van der Waals surface area contributed by atoms with E-state index in [4.69, 9.17) is 5.10 Å². The van der Waals surface area contributed by atoms with Crippen LogP contribution in [0.4, 0.5) is 8.78 Å². The van der Waals surface area contributed by atoms with Gasteiger partial charge in [-0.2, -0.15) is 24.5 Å². The van der Waals surface area contributed by atoms with Crippen molar-refractivity contribution in [3.8, 4) is 17.0 Å². The summed E-state index contributed by atoms with van der Waals surface area (Å²) in [6.45, 7) is 4.69. The van der Waals surface area contributed by atoms with Gasteiger partial charge in [-0.1, -0.05) is 0 Å². The van der Waals surface area contributed by atoms with E-state index in [1.807, 2.05) is 25.5 Å². The summed E-state index contributed by atoms with van der Waals surface area (Å²) >= 11 is 0. The van der Waals surface area contributed by atoms with Crippen molar-refractivity contribution in [1.82, 2.24) is 20.1 Å². The molecule has 0 bridgehead atoms. The number of carbonyl (C=O) groups excluding carboxylic acids is 1. The van der Waals surface area contributed by atoms with Gasteiger partial charge in [-0.05, 0) is 46.6 Å². The highest BCUT2D eigenvalue weighted by molar-refractivity contribution is 8.25. The molecular weight excluding hydrogens is 454 g/mol. The second kappa shape index (κ2) is 8.52. The molecule has 2 aromatic heterocycles. The van der Waals surface area contributed by atoms with Gasteiger partial charge in [0.05, 0.1) is 28.9 Å². The molecule has 1 aliphatic heterocycles. The summed E-state index contributed by atoms with van der Waals surface area (Å²) in [7, 11) is -2.57. The van der Waals surface area contributed by atoms with E-state index in [9.17, 15) is 22.7 Å². The van der Waals surface area contributed by atoms with E-state index in [0.29, 0.717) is 36.2 Å². The number of pyridine rings is 1. The first-order valence-corrected chi connectivity index (χ1v) is 12.8. The van der Waals surface area contributed by atoms with Crippen molar-refractivity contribution in [1.29, 1.82) is 0 Å². The molecule has 1 saturated heterocycles. The van der Waals surface area contributed by atoms with Crippen LogP contribution >= 0.6 is 10.6 Å². The summed E-state index contributed by atoms with van der Waals surface area (Å²) in [6, 6.07) is 1.58. The molecule has 2 aromatic rings. The number of amides is 1. The van der Waals surface area contributed by atoms with Crippen LogP contribution < -0.4 is 10.1 Å². The fraction of sp³-hybridized carbons (Fsp3) is 0.591. The highest BCUT2D eigenvalue weighted by atomic mass is 32.3. The molecule has 0 radical (unpaired) electrons. The highest BCUT2D eigenvalue weighted by Gasteiger charge is 2.46. The SMILES string of the molecule is Cc1ncc(OC(F)F)cc1-c1nn(C(C)C)c2c1CCC(C(=O)NC1(C)CS(O)(O)C1)C2. The molecule has 1 atom stereocenters. The molecule has 0 saturated carbocycles. The molecule has 4 rings (SSSR count). The quantitative estimate of drug-likeness (QED) is 0.568. The minimum atomic E-state index is -2.94. The number of aromatic nitrogens is 3. The van der Waals surface area contributed by atoms with E-state index < -0.39 is 22.7 Å². The average molecular weight is 485 g/mol. The molecule has 11 heteroatoms. The standard InChI is InChI=1S/C22H30F2N4O4S/c1-12(2)28-18-7-14(20(29)26-22(4)10-33(30,31)11-22)5-6-16(18)19(27-28)17-8-15(32-21(23)24)9-25-13(17)3/h8-9,12,14,21,30-31H,5-7,10-11H2,1-4H3,(H,26,29). The molecule has 182 valence electrons. The molecule has 33 heavy (non-hydrogen) atoms. The third-order valence-electron chi connectivity index (χ3n) is 6.23. The summed E-state index contributed by atoms with van der Waals surface area (Å²) < 4.78 is 51.3. The Balaban J connectivity index is 1.61. The van der Waals surface area contributed by atoms with Crippen LogP contribution in [0.5, 0.6) is 5.75 Å². The van der Waals surface area contributed by atoms with Crippen molar-refractivity contribution < 1.29 is 27.4 Å². The third-order valence-corrected chi connectivity index (χ3v) is 8.43. The van der Waals surface area contributed by atoms with Gasteiger partial charge >= 0.3 is 6.61 Å². The van der Waals surface area contributed by atoms with Crippen molar-refractivity contribution in [2.75, 3.05) is 11.5 Å². The van der Waals surface area contributed by atoms with Crippen LogP contribution in [-0.2, 0) is 17.6 Å². The molecule has 3 N–H and O–H groups in total. The van der Waals surface area contributed by atoms with Gasteiger partial charge in [0, 0.05) is 40.9 Å². The van der Waals surface area contributed by atoms with E-state index in [-0.39, 0.29) is 35.1 Å². The Morgan fingerprint density at radius 2 is 2.06 bits per heavy atom. The van der Waals surface area contributed by atoms with Gasteiger partial charge in [-0.15, -0.1) is 0 Å². The van der Waals surface area contributed by atoms with Gasteiger partial charge in [0.15, 0.2) is 0 Å². The fourth-order valence-electron chi connectivity index (χ4n) is 4.87. The number of hydrogen-bond donors (Lipinski definition) is 3. The van der Waals surface area contributed by atoms with Crippen LogP contribution in [0.15, 0.2) is 12.3 Å². The molecule has 3 heterocycles. The predicted octanol–water partition coefficient (Wildman–Crippen LogP) is 4.18. The van der Waals surface area contributed by atoms with E-state index in [1.165, 1.54) is 12.3 Å². The van der Waals surface area contributed by atoms with Gasteiger partial charge < -0.3 is 10.1 Å². The van der Waals surface area contributed by atoms with Crippen LogP contribution in [0.1, 0.15) is 50.2 Å². The minimum absolute atomic E-state index is 0.0220. The van der Waals surface area contributed by atoms with Gasteiger partial charge in [0.1, 0.15) is 5.75 Å². The zero-order valence-electron chi connectivity index (χ0n) is 19.1. The van der Waals surface area contributed by atoms with Crippen LogP contribution in [0.3, 0.4) is 0 Å². The maximum absolute atomic E-state index is 13.0. The number of aryl methyl sites for hydroxylation is 1. The monoisotopic (exact) mass is 484 g/mol. The lowest BCUT2D eigenvalue weighted by atomic mass is 9.84. The smallest absolute Gasteiger partial charge is 0.387 e. The lowest BCUT2D eigenvalue weighted by Gasteiger charge is -2.54. The van der Waals surface area contributed by atoms with Crippen LogP contribution in [-0.4, -0.2) is 53.4 Å². The van der Waals surface area contributed by atoms with Gasteiger partial charge in [0.25, 0.3) is 0 Å². The first-order chi connectivity index (χ1) is 15.4. The average Bonchev–Trinajstić information content (AvgIpc) is 3.06. The number of alkyl halides is 2. The predicted molar refractivity (Wildman–Crippen MR) is 122 cm³/mol. The number of halogens is 2. The van der Waals surface area contributed by atoms with Crippen molar-refractivity contribution in [3.63, 3.8) is 0 Å². The van der Waals surface area contributed by atoms with E-state index in [2.05, 4.69) is 15.0 Å². The molecule has 0 aromatic carbocycles. The Morgan fingerprint density at radius 1 is 1.36 bits per heavy atom. The number of nitrogens with zero attached hydrogens (tertiary/aromatic N) is 3. The zero-order chi connectivity index (χ0) is 24.1. The van der Waals surface area contributed by atoms with Crippen LogP contribution in [0.2, 0.25) is 0 Å². The Labute approximate surface area is 193 Å². The van der Waals surface area contributed by atoms with Crippen molar-refractivity contribution in [3.05, 3.63) is 29.2 Å². The van der Waals surface area contributed by atoms with E-state index in [0.717, 1.165) is 11.3 Å². The molecule has 8 nitrogen and oxygen atoms in total. The van der Waals surface area contributed by atoms with Crippen LogP contribution in [0.25, 0.3) is 11.3 Å². The zero-order valence-corrected chi connectivity index (χ0v) is 20.0. The summed E-state index contributed by atoms with van der Waals surface area (Å²) in [5.74, 6) is -0.0127. The number of nitrogens with one attached hydrogen (secondary N) is 1. The fourth-order valence-corrected chi connectivity index (χ4v) is 6.98. The maximum Gasteiger partial charge on any atom is 0.387 e. The molecule has 0 spiro atoms. The summed E-state index contributed by atoms with van der Waals surface area (Å²) in [6.07, 6.45) is 2.99. The molecule has 1 unspecified atom stereocenters.